The fraction of sp³-hybridized carbons (Fsp3) is 0.231. The topological polar surface area (TPSA) is 0 Å². The molecule has 0 atom stereocenters. The number of hydrogen-bond acceptors (Lipinski definition) is 2. The maximum absolute atomic E-state index is 14.0. The number of hydrogen-bond donors (Lipinski definition) is 0. The Morgan fingerprint density at radius 3 is 1.33 bits per heavy atom. The largest absolute Gasteiger partial charge is 0.380 e. The van der Waals surface area contributed by atoms with Gasteiger partial charge in [-0.05, 0) is 22.9 Å². The van der Waals surface area contributed by atoms with Crippen molar-refractivity contribution in [1.82, 2.24) is 0 Å². The molecule has 0 aliphatic heterocycles. The summed E-state index contributed by atoms with van der Waals surface area (Å²) >= 11 is 1.45. The van der Waals surface area contributed by atoms with Crippen LogP contribution in [0.2, 0.25) is 0 Å². The first-order valence-corrected chi connectivity index (χ1v) is 7.43. The van der Waals surface area contributed by atoms with Crippen LogP contribution in [0.4, 0.5) is 26.3 Å². The lowest BCUT2D eigenvalue weighted by atomic mass is 10.1. The molecule has 2 heterocycles. The van der Waals surface area contributed by atoms with Crippen LogP contribution in [0.5, 0.6) is 0 Å². The molecule has 8 heteroatoms. The van der Waals surface area contributed by atoms with E-state index >= 15 is 0 Å². The van der Waals surface area contributed by atoms with E-state index in [9.17, 15) is 26.3 Å². The van der Waals surface area contributed by atoms with Crippen molar-refractivity contribution in [3.8, 4) is 0 Å². The first-order valence-electron chi connectivity index (χ1n) is 5.67. The van der Waals surface area contributed by atoms with Gasteiger partial charge in [-0.25, -0.2) is 0 Å². The van der Waals surface area contributed by atoms with E-state index in [1.165, 1.54) is 22.9 Å². The Hall–Kier alpha value is -1.28. The quantitative estimate of drug-likeness (QED) is 0.621. The molecule has 0 aromatic carbocycles. The number of allylic oxidation sites excluding steroid dienone is 2. The molecule has 1 aliphatic carbocycles. The van der Waals surface area contributed by atoms with E-state index < -0.39 is 28.9 Å². The molecular weight excluding hydrogens is 334 g/mol. The maximum atomic E-state index is 14.0. The first-order chi connectivity index (χ1) is 9.71. The smallest absolute Gasteiger partial charge is 0.194 e. The van der Waals surface area contributed by atoms with Crippen LogP contribution < -0.4 is 0 Å². The fourth-order valence-corrected chi connectivity index (χ4v) is 3.84. The Bertz CT molecular complexity index is 624. The summed E-state index contributed by atoms with van der Waals surface area (Å²) < 4.78 is 83.3. The molecule has 21 heavy (non-hydrogen) atoms. The van der Waals surface area contributed by atoms with Gasteiger partial charge >= 0.3 is 17.8 Å². The Labute approximate surface area is 123 Å². The molecule has 2 aromatic rings. The van der Waals surface area contributed by atoms with Gasteiger partial charge in [0.2, 0.25) is 0 Å². The van der Waals surface area contributed by atoms with Crippen LogP contribution in [0.25, 0.3) is 11.1 Å². The van der Waals surface area contributed by atoms with Gasteiger partial charge < -0.3 is 0 Å². The molecule has 0 saturated heterocycles. The SMILES string of the molecule is FC1(F)C(c2cccs2)=C(c2cccs2)C(F)(F)C1(F)F. The summed E-state index contributed by atoms with van der Waals surface area (Å²) in [6.45, 7) is 0. The Morgan fingerprint density at radius 2 is 1.05 bits per heavy atom. The van der Waals surface area contributed by atoms with Crippen LogP contribution in [-0.2, 0) is 0 Å². The summed E-state index contributed by atoms with van der Waals surface area (Å²) in [5.74, 6) is -15.3. The van der Waals surface area contributed by atoms with Crippen molar-refractivity contribution in [2.24, 2.45) is 0 Å². The minimum Gasteiger partial charge on any atom is -0.194 e. The highest BCUT2D eigenvalue weighted by atomic mass is 32.1. The first kappa shape index (κ1) is 14.6. The number of alkyl halides is 6. The minimum absolute atomic E-state index is 0.278. The second kappa shape index (κ2) is 4.36. The van der Waals surface area contributed by atoms with Gasteiger partial charge in [-0.3, -0.25) is 0 Å². The molecule has 0 amide bonds. The summed E-state index contributed by atoms with van der Waals surface area (Å²) in [6, 6.07) is 4.98. The van der Waals surface area contributed by atoms with Gasteiger partial charge in [0.05, 0.1) is 11.1 Å². The molecule has 0 unspecified atom stereocenters. The summed E-state index contributed by atoms with van der Waals surface area (Å²) in [4.78, 5) is -0.555. The predicted octanol–water partition coefficient (Wildman–Crippen LogP) is 5.64. The van der Waals surface area contributed by atoms with Gasteiger partial charge in [-0.1, -0.05) is 12.1 Å². The molecular formula is C13H6F6S2. The number of halogens is 6. The fourth-order valence-electron chi connectivity index (χ4n) is 2.22. The standard InChI is InChI=1S/C13H6F6S2/c14-11(15)9(7-3-1-5-20-7)10(8-4-2-6-21-8)12(16,17)13(11,18)19/h1-6H. The summed E-state index contributed by atoms with van der Waals surface area (Å²) in [5.41, 5.74) is -2.56. The highest BCUT2D eigenvalue weighted by molar-refractivity contribution is 7.12. The van der Waals surface area contributed by atoms with Crippen molar-refractivity contribution in [3.63, 3.8) is 0 Å². The van der Waals surface area contributed by atoms with Crippen LogP contribution in [0.15, 0.2) is 35.0 Å². The molecule has 112 valence electrons. The zero-order valence-electron chi connectivity index (χ0n) is 10.0. The number of rotatable bonds is 2. The Morgan fingerprint density at radius 1 is 0.667 bits per heavy atom. The van der Waals surface area contributed by atoms with Gasteiger partial charge in [-0.2, -0.15) is 26.3 Å². The molecule has 0 saturated carbocycles. The van der Waals surface area contributed by atoms with Crippen molar-refractivity contribution in [2.45, 2.75) is 17.8 Å². The van der Waals surface area contributed by atoms with Crippen molar-refractivity contribution >= 4 is 33.8 Å². The highest BCUT2D eigenvalue weighted by Gasteiger charge is 2.80. The second-order valence-electron chi connectivity index (χ2n) is 4.43. The molecule has 0 nitrogen and oxygen atoms in total. The van der Waals surface area contributed by atoms with Gasteiger partial charge in [-0.15, -0.1) is 22.7 Å². The van der Waals surface area contributed by atoms with E-state index in [4.69, 9.17) is 0 Å². The van der Waals surface area contributed by atoms with Gasteiger partial charge in [0.15, 0.2) is 0 Å². The lowest BCUT2D eigenvalue weighted by molar-refractivity contribution is -0.254. The van der Waals surface area contributed by atoms with Crippen LogP contribution >= 0.6 is 22.7 Å². The van der Waals surface area contributed by atoms with E-state index in [1.54, 1.807) is 0 Å². The maximum Gasteiger partial charge on any atom is 0.380 e. The molecule has 1 aliphatic rings. The van der Waals surface area contributed by atoms with Crippen molar-refractivity contribution in [3.05, 3.63) is 44.8 Å². The highest BCUT2D eigenvalue weighted by Crippen LogP contribution is 2.65. The van der Waals surface area contributed by atoms with Crippen molar-refractivity contribution in [1.29, 1.82) is 0 Å². The summed E-state index contributed by atoms with van der Waals surface area (Å²) in [6.07, 6.45) is 0. The van der Waals surface area contributed by atoms with E-state index in [-0.39, 0.29) is 9.75 Å². The van der Waals surface area contributed by atoms with Gasteiger partial charge in [0.1, 0.15) is 0 Å². The third kappa shape index (κ3) is 1.75. The lowest BCUT2D eigenvalue weighted by Gasteiger charge is -2.25. The predicted molar refractivity (Wildman–Crippen MR) is 70.3 cm³/mol. The molecule has 2 aromatic heterocycles. The van der Waals surface area contributed by atoms with Crippen molar-refractivity contribution in [2.75, 3.05) is 0 Å². The van der Waals surface area contributed by atoms with Crippen LogP contribution in [0, 0.1) is 0 Å². The van der Waals surface area contributed by atoms with Gasteiger partial charge in [0.25, 0.3) is 0 Å². The molecule has 0 radical (unpaired) electrons. The van der Waals surface area contributed by atoms with Gasteiger partial charge in [0, 0.05) is 9.75 Å². The van der Waals surface area contributed by atoms with Crippen molar-refractivity contribution < 1.29 is 26.3 Å². The lowest BCUT2D eigenvalue weighted by Crippen LogP contribution is -2.48. The average molecular weight is 340 g/mol. The molecule has 3 rings (SSSR count). The average Bonchev–Trinajstić information content (AvgIpc) is 3.08. The zero-order chi connectivity index (χ0) is 15.5. The monoisotopic (exact) mass is 340 g/mol. The minimum atomic E-state index is -5.46. The third-order valence-electron chi connectivity index (χ3n) is 3.20. The van der Waals surface area contributed by atoms with Crippen LogP contribution in [0.3, 0.4) is 0 Å². The second-order valence-corrected chi connectivity index (χ2v) is 6.32. The van der Waals surface area contributed by atoms with E-state index in [1.807, 2.05) is 0 Å². The summed E-state index contributed by atoms with van der Waals surface area (Å²) in [7, 11) is 0. The van der Waals surface area contributed by atoms with E-state index in [0.29, 0.717) is 0 Å². The Balaban J connectivity index is 2.38. The zero-order valence-corrected chi connectivity index (χ0v) is 11.7. The molecule has 0 fully saturated rings. The number of thiophene rings is 2. The Kier molecular flexibility index (Phi) is 3.04. The molecule has 0 N–H and O–H groups in total. The molecule has 0 spiro atoms. The normalized spacial score (nSPS) is 22.8. The van der Waals surface area contributed by atoms with Crippen LogP contribution in [-0.4, -0.2) is 17.8 Å². The van der Waals surface area contributed by atoms with E-state index in [2.05, 4.69) is 0 Å². The third-order valence-corrected chi connectivity index (χ3v) is 4.98. The van der Waals surface area contributed by atoms with Crippen LogP contribution in [0.1, 0.15) is 9.75 Å². The van der Waals surface area contributed by atoms with E-state index in [0.717, 1.165) is 34.8 Å². The molecule has 0 bridgehead atoms. The summed E-state index contributed by atoms with van der Waals surface area (Å²) in [5, 5.41) is 2.75.